The molecule has 0 radical (unpaired) electrons. The largest absolute Gasteiger partial charge is 0.349 e. The number of thiazole rings is 1. The molecule has 0 N–H and O–H groups in total. The highest BCUT2D eigenvalue weighted by atomic mass is 32.1. The molecule has 0 unspecified atom stereocenters. The first-order valence-corrected chi connectivity index (χ1v) is 11.5. The maximum atomic E-state index is 12.9. The highest BCUT2D eigenvalue weighted by Gasteiger charge is 2.29. The maximum absolute atomic E-state index is 12.9. The van der Waals surface area contributed by atoms with E-state index in [1.807, 2.05) is 4.90 Å². The molecule has 5 nitrogen and oxygen atoms in total. The molecule has 2 aromatic rings. The fourth-order valence-corrected chi connectivity index (χ4v) is 6.48. The Bertz CT molecular complexity index is 721. The Morgan fingerprint density at radius 3 is 2.46 bits per heavy atom. The van der Waals surface area contributed by atoms with Crippen LogP contribution < -0.4 is 4.90 Å². The Hall–Kier alpha value is -1.18. The second kappa shape index (κ2) is 7.82. The minimum absolute atomic E-state index is 0.190. The van der Waals surface area contributed by atoms with Gasteiger partial charge in [0, 0.05) is 45.3 Å². The number of carbonyl (C=O) groups is 1. The third kappa shape index (κ3) is 3.49. The predicted molar refractivity (Wildman–Crippen MR) is 111 cm³/mol. The molecule has 1 aliphatic carbocycles. The zero-order valence-corrected chi connectivity index (χ0v) is 17.4. The lowest BCUT2D eigenvalue weighted by atomic mass is 10.2. The SMILES string of the molecule is CCN(CC)c1nc2sc(C(=O)N3CCN(C4CCCC4)CC3)cc2s1. The first-order valence-electron chi connectivity index (χ1n) is 9.88. The van der Waals surface area contributed by atoms with Gasteiger partial charge in [0.2, 0.25) is 0 Å². The van der Waals surface area contributed by atoms with Crippen molar-refractivity contribution in [3.05, 3.63) is 10.9 Å². The van der Waals surface area contributed by atoms with Gasteiger partial charge in [0.15, 0.2) is 5.13 Å². The van der Waals surface area contributed by atoms with Crippen LogP contribution in [0.1, 0.15) is 49.2 Å². The van der Waals surface area contributed by atoms with Crippen LogP contribution in [-0.2, 0) is 0 Å². The highest BCUT2D eigenvalue weighted by molar-refractivity contribution is 7.29. The highest BCUT2D eigenvalue weighted by Crippen LogP contribution is 2.35. The average Bonchev–Trinajstić information content (AvgIpc) is 3.39. The number of hydrogen-bond donors (Lipinski definition) is 0. The first-order chi connectivity index (χ1) is 12.7. The molecule has 1 amide bonds. The third-order valence-electron chi connectivity index (χ3n) is 5.77. The summed E-state index contributed by atoms with van der Waals surface area (Å²) in [6, 6.07) is 2.82. The molecule has 142 valence electrons. The topological polar surface area (TPSA) is 39.7 Å². The number of aromatic nitrogens is 1. The van der Waals surface area contributed by atoms with Crippen molar-refractivity contribution in [2.45, 2.75) is 45.6 Å². The van der Waals surface area contributed by atoms with Crippen molar-refractivity contribution in [1.82, 2.24) is 14.8 Å². The lowest BCUT2D eigenvalue weighted by Gasteiger charge is -2.37. The second-order valence-electron chi connectivity index (χ2n) is 7.22. The first kappa shape index (κ1) is 18.2. The van der Waals surface area contributed by atoms with Gasteiger partial charge in [0.05, 0.1) is 9.58 Å². The minimum Gasteiger partial charge on any atom is -0.349 e. The summed E-state index contributed by atoms with van der Waals surface area (Å²) in [5.41, 5.74) is 0. The van der Waals surface area contributed by atoms with E-state index in [-0.39, 0.29) is 5.91 Å². The average molecular weight is 393 g/mol. The van der Waals surface area contributed by atoms with Crippen molar-refractivity contribution >= 4 is 43.2 Å². The van der Waals surface area contributed by atoms with Gasteiger partial charge < -0.3 is 9.80 Å². The molecule has 4 rings (SSSR count). The molecule has 2 fully saturated rings. The number of thiophene rings is 1. The van der Waals surface area contributed by atoms with Crippen LogP contribution in [0.5, 0.6) is 0 Å². The fraction of sp³-hybridized carbons (Fsp3) is 0.684. The smallest absolute Gasteiger partial charge is 0.264 e. The number of rotatable bonds is 5. The van der Waals surface area contributed by atoms with E-state index in [1.165, 1.54) is 25.7 Å². The zero-order valence-electron chi connectivity index (χ0n) is 15.7. The fourth-order valence-electron chi connectivity index (χ4n) is 4.17. The van der Waals surface area contributed by atoms with E-state index in [4.69, 9.17) is 4.98 Å². The predicted octanol–water partition coefficient (Wildman–Crippen LogP) is 3.90. The molecular weight excluding hydrogens is 364 g/mol. The normalized spacial score (nSPS) is 19.5. The Kier molecular flexibility index (Phi) is 5.47. The molecule has 1 aliphatic heterocycles. The molecule has 1 saturated heterocycles. The molecule has 0 spiro atoms. The molecule has 26 heavy (non-hydrogen) atoms. The van der Waals surface area contributed by atoms with Crippen LogP contribution in [-0.4, -0.2) is 66.0 Å². The number of piperazine rings is 1. The number of carbonyl (C=O) groups excluding carboxylic acids is 1. The van der Waals surface area contributed by atoms with E-state index in [1.54, 1.807) is 22.7 Å². The summed E-state index contributed by atoms with van der Waals surface area (Å²) in [6.45, 7) is 10.0. The summed E-state index contributed by atoms with van der Waals surface area (Å²) in [7, 11) is 0. The summed E-state index contributed by atoms with van der Waals surface area (Å²) >= 11 is 3.26. The zero-order chi connectivity index (χ0) is 18.1. The third-order valence-corrected chi connectivity index (χ3v) is 7.97. The summed E-state index contributed by atoms with van der Waals surface area (Å²) in [5, 5.41) is 1.07. The molecular formula is C19H28N4OS2. The van der Waals surface area contributed by atoms with Gasteiger partial charge in [-0.15, -0.1) is 11.3 Å². The van der Waals surface area contributed by atoms with Crippen molar-refractivity contribution in [3.63, 3.8) is 0 Å². The Balaban J connectivity index is 1.41. The van der Waals surface area contributed by atoms with Gasteiger partial charge in [-0.2, -0.15) is 0 Å². The Labute approximate surface area is 163 Å². The molecule has 0 atom stereocenters. The van der Waals surface area contributed by atoms with Gasteiger partial charge in [-0.1, -0.05) is 24.2 Å². The Morgan fingerprint density at radius 1 is 1.15 bits per heavy atom. The molecule has 0 bridgehead atoms. The van der Waals surface area contributed by atoms with Crippen LogP contribution in [0, 0.1) is 0 Å². The lowest BCUT2D eigenvalue weighted by molar-refractivity contribution is 0.0578. The molecule has 3 heterocycles. The monoisotopic (exact) mass is 392 g/mol. The molecule has 2 aromatic heterocycles. The van der Waals surface area contributed by atoms with Gasteiger partial charge in [-0.05, 0) is 32.8 Å². The number of anilines is 1. The van der Waals surface area contributed by atoms with Crippen molar-refractivity contribution in [2.75, 3.05) is 44.2 Å². The van der Waals surface area contributed by atoms with E-state index in [0.717, 1.165) is 64.8 Å². The van der Waals surface area contributed by atoms with Crippen LogP contribution >= 0.6 is 22.7 Å². The van der Waals surface area contributed by atoms with Crippen LogP contribution in [0.15, 0.2) is 6.07 Å². The van der Waals surface area contributed by atoms with Crippen LogP contribution in [0.3, 0.4) is 0 Å². The Morgan fingerprint density at radius 2 is 1.85 bits per heavy atom. The van der Waals surface area contributed by atoms with E-state index in [2.05, 4.69) is 29.7 Å². The lowest BCUT2D eigenvalue weighted by Crippen LogP contribution is -2.51. The van der Waals surface area contributed by atoms with Crippen molar-refractivity contribution < 1.29 is 4.79 Å². The quantitative estimate of drug-likeness (QED) is 0.774. The number of fused-ring (bicyclic) bond motifs is 1. The summed E-state index contributed by atoms with van der Waals surface area (Å²) < 4.78 is 1.14. The van der Waals surface area contributed by atoms with Crippen LogP contribution in [0.25, 0.3) is 9.53 Å². The maximum Gasteiger partial charge on any atom is 0.264 e. The summed E-state index contributed by atoms with van der Waals surface area (Å²) in [5.74, 6) is 0.190. The number of nitrogens with zero attached hydrogens (tertiary/aromatic N) is 4. The molecule has 7 heteroatoms. The van der Waals surface area contributed by atoms with Crippen molar-refractivity contribution in [1.29, 1.82) is 0 Å². The molecule has 0 aromatic carbocycles. The van der Waals surface area contributed by atoms with Gasteiger partial charge in [-0.25, -0.2) is 4.98 Å². The summed E-state index contributed by atoms with van der Waals surface area (Å²) in [6.07, 6.45) is 5.43. The van der Waals surface area contributed by atoms with E-state index >= 15 is 0 Å². The van der Waals surface area contributed by atoms with Crippen molar-refractivity contribution in [3.8, 4) is 0 Å². The van der Waals surface area contributed by atoms with Crippen molar-refractivity contribution in [2.24, 2.45) is 0 Å². The summed E-state index contributed by atoms with van der Waals surface area (Å²) in [4.78, 5) is 26.4. The van der Waals surface area contributed by atoms with E-state index in [9.17, 15) is 4.79 Å². The van der Waals surface area contributed by atoms with Gasteiger partial charge in [0.25, 0.3) is 5.91 Å². The number of hydrogen-bond acceptors (Lipinski definition) is 6. The van der Waals surface area contributed by atoms with Gasteiger partial charge in [-0.3, -0.25) is 9.69 Å². The molecule has 1 saturated carbocycles. The standard InChI is InChI=1S/C19H28N4OS2/c1-3-21(4-2)19-20-17-15(26-19)13-16(25-17)18(24)23-11-9-22(10-12-23)14-7-5-6-8-14/h13-14H,3-12H2,1-2H3. The molecule has 2 aliphatic rings. The van der Waals surface area contributed by atoms with Crippen LogP contribution in [0.4, 0.5) is 5.13 Å². The second-order valence-corrected chi connectivity index (χ2v) is 9.25. The van der Waals surface area contributed by atoms with Gasteiger partial charge >= 0.3 is 0 Å². The van der Waals surface area contributed by atoms with E-state index in [0.29, 0.717) is 0 Å². The van der Waals surface area contributed by atoms with Crippen LogP contribution in [0.2, 0.25) is 0 Å². The van der Waals surface area contributed by atoms with E-state index < -0.39 is 0 Å². The van der Waals surface area contributed by atoms with Gasteiger partial charge in [0.1, 0.15) is 4.83 Å². The minimum atomic E-state index is 0.190. The number of amides is 1.